The first kappa shape index (κ1) is 35.6. The minimum Gasteiger partial charge on any atom is -0.508 e. The predicted molar refractivity (Wildman–Crippen MR) is 194 cm³/mol. The lowest BCUT2D eigenvalue weighted by atomic mass is 9.90. The van der Waals surface area contributed by atoms with E-state index in [0.717, 1.165) is 36.8 Å². The average Bonchev–Trinajstić information content (AvgIpc) is 4.11. The number of nitrogens with one attached hydrogen (secondary N) is 1. The summed E-state index contributed by atoms with van der Waals surface area (Å²) >= 11 is 0. The Morgan fingerprint density at radius 2 is 1.65 bits per heavy atom. The van der Waals surface area contributed by atoms with Gasteiger partial charge < -0.3 is 34.6 Å². The van der Waals surface area contributed by atoms with E-state index in [1.54, 1.807) is 37.4 Å². The second-order valence-corrected chi connectivity index (χ2v) is 14.2. The zero-order valence-corrected chi connectivity index (χ0v) is 29.4. The summed E-state index contributed by atoms with van der Waals surface area (Å²) in [6, 6.07) is 22.9. The Kier molecular flexibility index (Phi) is 10.6. The molecule has 4 atom stereocenters. The summed E-state index contributed by atoms with van der Waals surface area (Å²) in [6.07, 6.45) is 8.38. The Balaban J connectivity index is 1.14. The van der Waals surface area contributed by atoms with Crippen molar-refractivity contribution in [3.05, 3.63) is 119 Å². The van der Waals surface area contributed by atoms with Crippen LogP contribution in [0.5, 0.6) is 5.75 Å². The van der Waals surface area contributed by atoms with Crippen molar-refractivity contribution in [3.8, 4) is 5.75 Å². The molecule has 3 fully saturated rings. The van der Waals surface area contributed by atoms with Gasteiger partial charge in [0.2, 0.25) is 11.8 Å². The van der Waals surface area contributed by atoms with Crippen LogP contribution in [0.2, 0.25) is 0 Å². The molecule has 3 N–H and O–H groups in total. The van der Waals surface area contributed by atoms with Crippen molar-refractivity contribution in [1.29, 1.82) is 0 Å². The normalized spacial score (nSPS) is 22.7. The number of phenols is 1. The van der Waals surface area contributed by atoms with Crippen molar-refractivity contribution < 1.29 is 38.8 Å². The number of fused-ring (bicyclic) bond motifs is 1. The molecule has 7 rings (SSSR count). The van der Waals surface area contributed by atoms with Crippen LogP contribution >= 0.6 is 0 Å². The molecular weight excluding hydrogens is 660 g/mol. The monoisotopic (exact) mass is 706 g/mol. The minimum absolute atomic E-state index is 0.0671. The molecule has 272 valence electrons. The average molecular weight is 707 g/mol. The quantitative estimate of drug-likeness (QED) is 0.200. The molecule has 0 aromatic heterocycles. The Hall–Kier alpha value is -4.77. The molecule has 4 unspecified atom stereocenters. The van der Waals surface area contributed by atoms with E-state index in [2.05, 4.69) is 5.32 Å². The summed E-state index contributed by atoms with van der Waals surface area (Å²) in [7, 11) is 1.60. The number of hydrogen-bond acceptors (Lipinski definition) is 8. The number of carbonyl (C=O) groups excluding carboxylic acids is 3. The molecule has 2 amide bonds. The van der Waals surface area contributed by atoms with Crippen LogP contribution in [0.3, 0.4) is 0 Å². The van der Waals surface area contributed by atoms with E-state index in [1.165, 1.54) is 4.90 Å². The highest BCUT2D eigenvalue weighted by Gasteiger charge is 2.64. The SMILES string of the molecule is CN(C(=O)C1=CC2OC(C3CC3)(C3CC3)OC2C(OC(=O)c2ccccc2C=CCc2ccccc2O)C1)C(Cc1ccccc1)C(=O)NCCO. The van der Waals surface area contributed by atoms with Gasteiger partial charge in [-0.1, -0.05) is 78.9 Å². The number of rotatable bonds is 14. The van der Waals surface area contributed by atoms with Gasteiger partial charge in [-0.05, 0) is 67.0 Å². The Labute approximate surface area is 304 Å². The fourth-order valence-corrected chi connectivity index (χ4v) is 7.49. The molecule has 0 radical (unpaired) electrons. The van der Waals surface area contributed by atoms with E-state index in [9.17, 15) is 24.6 Å². The van der Waals surface area contributed by atoms with Crippen LogP contribution in [0, 0.1) is 11.8 Å². The fraction of sp³-hybridized carbons (Fsp3) is 0.405. The highest BCUT2D eigenvalue weighted by atomic mass is 16.8. The van der Waals surface area contributed by atoms with Crippen LogP contribution < -0.4 is 5.32 Å². The van der Waals surface area contributed by atoms with Crippen molar-refractivity contribution in [2.75, 3.05) is 20.2 Å². The predicted octanol–water partition coefficient (Wildman–Crippen LogP) is 4.98. The summed E-state index contributed by atoms with van der Waals surface area (Å²) in [5.74, 6) is -1.32. The fourth-order valence-electron chi connectivity index (χ4n) is 7.49. The third-order valence-electron chi connectivity index (χ3n) is 10.5. The number of ether oxygens (including phenoxy) is 3. The highest BCUT2D eigenvalue weighted by molar-refractivity contribution is 5.98. The standard InChI is InChI=1S/C42H46N2O8/c1-44(34(39(47)43-22-23-45)24-27-10-3-2-4-11-27)40(48)30-25-36(38-37(26-30)51-42(52-38,31-18-19-31)32-20-21-32)50-41(49)33-16-7-5-12-28(33)14-9-15-29-13-6-8-17-35(29)46/h2-14,16-17,26,31-32,34,36-38,45-46H,15,18-25H2,1H3,(H,43,47). The number of aliphatic hydroxyl groups is 1. The van der Waals surface area contributed by atoms with Gasteiger partial charge in [-0.25, -0.2) is 4.79 Å². The number of allylic oxidation sites excluding steroid dienone is 1. The molecule has 52 heavy (non-hydrogen) atoms. The maximum absolute atomic E-state index is 14.3. The lowest BCUT2D eigenvalue weighted by molar-refractivity contribution is -0.209. The van der Waals surface area contributed by atoms with E-state index in [0.29, 0.717) is 23.1 Å². The van der Waals surface area contributed by atoms with E-state index >= 15 is 0 Å². The smallest absolute Gasteiger partial charge is 0.339 e. The molecule has 3 aromatic rings. The van der Waals surface area contributed by atoms with Gasteiger partial charge >= 0.3 is 5.97 Å². The zero-order chi connectivity index (χ0) is 36.2. The molecule has 1 heterocycles. The van der Waals surface area contributed by atoms with E-state index in [1.807, 2.05) is 66.7 Å². The van der Waals surface area contributed by atoms with Gasteiger partial charge in [0.1, 0.15) is 30.1 Å². The maximum Gasteiger partial charge on any atom is 0.339 e. The molecule has 3 aromatic carbocycles. The van der Waals surface area contributed by atoms with Crippen molar-refractivity contribution in [2.45, 2.75) is 75.1 Å². The number of nitrogens with zero attached hydrogens (tertiary/aromatic N) is 1. The maximum atomic E-state index is 14.3. The van der Waals surface area contributed by atoms with E-state index < -0.39 is 36.1 Å². The summed E-state index contributed by atoms with van der Waals surface area (Å²) < 4.78 is 19.9. The van der Waals surface area contributed by atoms with Gasteiger partial charge in [0.15, 0.2) is 5.79 Å². The molecule has 0 bridgehead atoms. The van der Waals surface area contributed by atoms with Crippen LogP contribution in [-0.2, 0) is 36.6 Å². The number of phenolic OH excluding ortho intramolecular Hbond substituents is 1. The Morgan fingerprint density at radius 1 is 0.962 bits per heavy atom. The molecule has 1 saturated heterocycles. The summed E-state index contributed by atoms with van der Waals surface area (Å²) in [5.41, 5.74) is 3.07. The molecule has 0 spiro atoms. The van der Waals surface area contributed by atoms with Gasteiger partial charge in [0.05, 0.1) is 12.2 Å². The second-order valence-electron chi connectivity index (χ2n) is 14.2. The molecular formula is C42H46N2O8. The molecule has 2 saturated carbocycles. The molecule has 4 aliphatic rings. The van der Waals surface area contributed by atoms with Gasteiger partial charge in [-0.15, -0.1) is 0 Å². The third-order valence-corrected chi connectivity index (χ3v) is 10.5. The van der Waals surface area contributed by atoms with Crippen LogP contribution in [-0.4, -0.2) is 83.2 Å². The number of aromatic hydroxyl groups is 1. The van der Waals surface area contributed by atoms with Crippen molar-refractivity contribution in [1.82, 2.24) is 10.2 Å². The number of amides is 2. The van der Waals surface area contributed by atoms with Crippen LogP contribution in [0.1, 0.15) is 59.2 Å². The largest absolute Gasteiger partial charge is 0.508 e. The minimum atomic E-state index is -0.852. The number of hydrogen-bond donors (Lipinski definition) is 3. The molecule has 10 heteroatoms. The topological polar surface area (TPSA) is 135 Å². The van der Waals surface area contributed by atoms with E-state index in [-0.39, 0.29) is 55.4 Å². The second kappa shape index (κ2) is 15.5. The number of carbonyl (C=O) groups is 3. The highest BCUT2D eigenvalue weighted by Crippen LogP contribution is 2.59. The number of likely N-dealkylation sites (N-methyl/N-ethyl adjacent to an activating group) is 1. The first-order valence-electron chi connectivity index (χ1n) is 18.3. The summed E-state index contributed by atoms with van der Waals surface area (Å²) in [6.45, 7) is -0.156. The number of para-hydroxylation sites is 1. The Bertz CT molecular complexity index is 1820. The first-order valence-corrected chi connectivity index (χ1v) is 18.3. The molecule has 3 aliphatic carbocycles. The lowest BCUT2D eigenvalue weighted by Gasteiger charge is -2.33. The molecule has 1 aliphatic heterocycles. The van der Waals surface area contributed by atoms with Crippen molar-refractivity contribution in [2.24, 2.45) is 11.8 Å². The number of esters is 1. The van der Waals surface area contributed by atoms with Gasteiger partial charge in [0, 0.05) is 43.8 Å². The van der Waals surface area contributed by atoms with Crippen molar-refractivity contribution >= 4 is 23.9 Å². The lowest BCUT2D eigenvalue weighted by Crippen LogP contribution is -2.51. The van der Waals surface area contributed by atoms with Crippen molar-refractivity contribution in [3.63, 3.8) is 0 Å². The van der Waals surface area contributed by atoms with Gasteiger partial charge in [-0.2, -0.15) is 0 Å². The zero-order valence-electron chi connectivity index (χ0n) is 29.4. The first-order chi connectivity index (χ1) is 25.3. The van der Waals surface area contributed by atoms with Crippen LogP contribution in [0.4, 0.5) is 0 Å². The molecule has 10 nitrogen and oxygen atoms in total. The number of aliphatic hydroxyl groups excluding tert-OH is 1. The van der Waals surface area contributed by atoms with Crippen LogP contribution in [0.15, 0.2) is 96.6 Å². The Morgan fingerprint density at radius 3 is 2.37 bits per heavy atom. The summed E-state index contributed by atoms with van der Waals surface area (Å²) in [4.78, 5) is 43.1. The number of benzene rings is 3. The third kappa shape index (κ3) is 7.70. The summed E-state index contributed by atoms with van der Waals surface area (Å²) in [5, 5.41) is 22.3. The van der Waals surface area contributed by atoms with Gasteiger partial charge in [-0.3, -0.25) is 9.59 Å². The van der Waals surface area contributed by atoms with Crippen LogP contribution in [0.25, 0.3) is 6.08 Å². The van der Waals surface area contributed by atoms with Gasteiger partial charge in [0.25, 0.3) is 0 Å². The van der Waals surface area contributed by atoms with E-state index in [4.69, 9.17) is 14.2 Å².